The molecule has 0 spiro atoms. The third kappa shape index (κ3) is 6.49. The number of hydrogen-bond acceptors (Lipinski definition) is 3. The topological polar surface area (TPSA) is 30.5 Å². The van der Waals surface area contributed by atoms with Crippen molar-refractivity contribution in [1.82, 2.24) is 5.32 Å². The Labute approximate surface area is 188 Å². The summed E-state index contributed by atoms with van der Waals surface area (Å²) in [6.45, 7) is 5.48. The smallest absolute Gasteiger partial charge is 0.175 e. The quantitative estimate of drug-likeness (QED) is 0.396. The zero-order valence-corrected chi connectivity index (χ0v) is 19.3. The van der Waals surface area contributed by atoms with Gasteiger partial charge in [0, 0.05) is 12.6 Å². The van der Waals surface area contributed by atoms with Crippen molar-refractivity contribution in [2.24, 2.45) is 0 Å². The van der Waals surface area contributed by atoms with Gasteiger partial charge in [0.25, 0.3) is 0 Å². The molecule has 0 bridgehead atoms. The van der Waals surface area contributed by atoms with Gasteiger partial charge >= 0.3 is 0 Å². The average molecular weight is 477 g/mol. The summed E-state index contributed by atoms with van der Waals surface area (Å²) in [6, 6.07) is 23.2. The lowest BCUT2D eigenvalue weighted by molar-refractivity contribution is 0.282. The highest BCUT2D eigenvalue weighted by molar-refractivity contribution is 9.10. The molecule has 3 nitrogen and oxygen atoms in total. The monoisotopic (exact) mass is 475 g/mol. The Kier molecular flexibility index (Phi) is 9.02. The van der Waals surface area contributed by atoms with E-state index in [1.54, 1.807) is 7.11 Å². The number of aryl methyl sites for hydroxylation is 1. The van der Waals surface area contributed by atoms with Gasteiger partial charge in [-0.1, -0.05) is 60.2 Å². The largest absolute Gasteiger partial charge is 0.493 e. The van der Waals surface area contributed by atoms with Gasteiger partial charge in [0.05, 0.1) is 11.6 Å². The van der Waals surface area contributed by atoms with Gasteiger partial charge in [-0.3, -0.25) is 0 Å². The van der Waals surface area contributed by atoms with Crippen LogP contribution >= 0.6 is 28.3 Å². The number of halogens is 2. The molecule has 0 heterocycles. The van der Waals surface area contributed by atoms with Crippen LogP contribution in [0.1, 0.15) is 35.2 Å². The Hall–Kier alpha value is -2.01. The molecule has 0 aliphatic carbocycles. The minimum absolute atomic E-state index is 0. The molecular weight excluding hydrogens is 450 g/mol. The second-order valence-electron chi connectivity index (χ2n) is 6.90. The second-order valence-corrected chi connectivity index (χ2v) is 7.75. The number of nitrogens with one attached hydrogen (secondary N) is 1. The summed E-state index contributed by atoms with van der Waals surface area (Å²) in [4.78, 5) is 0. The third-order valence-electron chi connectivity index (χ3n) is 4.70. The van der Waals surface area contributed by atoms with E-state index in [4.69, 9.17) is 9.47 Å². The Morgan fingerprint density at radius 1 is 0.966 bits per heavy atom. The van der Waals surface area contributed by atoms with Crippen LogP contribution in [0.2, 0.25) is 0 Å². The van der Waals surface area contributed by atoms with Crippen LogP contribution in [0, 0.1) is 6.92 Å². The van der Waals surface area contributed by atoms with Crippen molar-refractivity contribution in [3.05, 3.63) is 93.5 Å². The molecule has 3 rings (SSSR count). The van der Waals surface area contributed by atoms with Crippen LogP contribution in [0.25, 0.3) is 0 Å². The van der Waals surface area contributed by atoms with E-state index in [0.717, 1.165) is 33.6 Å². The van der Waals surface area contributed by atoms with Crippen LogP contribution in [0.3, 0.4) is 0 Å². The third-order valence-corrected chi connectivity index (χ3v) is 5.29. The highest BCUT2D eigenvalue weighted by Gasteiger charge is 2.13. The second kappa shape index (κ2) is 11.2. The molecule has 0 radical (unpaired) electrons. The Balaban J connectivity index is 0.00000300. The van der Waals surface area contributed by atoms with Gasteiger partial charge in [-0.15, -0.1) is 12.4 Å². The first-order chi connectivity index (χ1) is 13.6. The molecule has 29 heavy (non-hydrogen) atoms. The van der Waals surface area contributed by atoms with Gasteiger partial charge in [0.1, 0.15) is 6.61 Å². The van der Waals surface area contributed by atoms with Crippen LogP contribution in [-0.2, 0) is 13.2 Å². The van der Waals surface area contributed by atoms with Crippen molar-refractivity contribution in [1.29, 1.82) is 0 Å². The molecule has 1 atom stereocenters. The molecule has 3 aromatic rings. The standard InChI is InChI=1S/C24H26BrNO2.ClH/c1-17-9-11-19(12-10-17)16-28-24-22(25)13-20(14-23(24)27-3)15-26-18(2)21-7-5-4-6-8-21;/h4-14,18,26H,15-16H2,1-3H3;1H. The van der Waals surface area contributed by atoms with Crippen molar-refractivity contribution in [2.75, 3.05) is 7.11 Å². The first-order valence-corrected chi connectivity index (χ1v) is 10.2. The summed E-state index contributed by atoms with van der Waals surface area (Å²) in [5.41, 5.74) is 4.77. The number of hydrogen-bond donors (Lipinski definition) is 1. The molecule has 0 saturated carbocycles. The zero-order valence-electron chi connectivity index (χ0n) is 16.9. The van der Waals surface area contributed by atoms with E-state index in [9.17, 15) is 0 Å². The summed E-state index contributed by atoms with van der Waals surface area (Å²) >= 11 is 3.64. The molecule has 0 aromatic heterocycles. The van der Waals surface area contributed by atoms with Gasteiger partial charge in [-0.25, -0.2) is 0 Å². The normalized spacial score (nSPS) is 11.4. The van der Waals surface area contributed by atoms with Crippen LogP contribution in [0.4, 0.5) is 0 Å². The van der Waals surface area contributed by atoms with Crippen LogP contribution in [0.5, 0.6) is 11.5 Å². The number of benzene rings is 3. The zero-order chi connectivity index (χ0) is 19.9. The maximum Gasteiger partial charge on any atom is 0.175 e. The Morgan fingerprint density at radius 2 is 1.66 bits per heavy atom. The highest BCUT2D eigenvalue weighted by atomic mass is 79.9. The molecule has 0 aliphatic heterocycles. The minimum atomic E-state index is 0. The highest BCUT2D eigenvalue weighted by Crippen LogP contribution is 2.37. The predicted octanol–water partition coefficient (Wildman–Crippen LogP) is 6.62. The predicted molar refractivity (Wildman–Crippen MR) is 125 cm³/mol. The van der Waals surface area contributed by atoms with E-state index in [0.29, 0.717) is 6.61 Å². The molecule has 0 saturated heterocycles. The van der Waals surface area contributed by atoms with E-state index in [1.165, 1.54) is 11.1 Å². The molecular formula is C24H27BrClNO2. The molecule has 0 amide bonds. The molecule has 0 aliphatic rings. The lowest BCUT2D eigenvalue weighted by atomic mass is 10.1. The fraction of sp³-hybridized carbons (Fsp3) is 0.250. The number of ether oxygens (including phenoxy) is 2. The summed E-state index contributed by atoms with van der Waals surface area (Å²) in [5.74, 6) is 1.45. The SMILES string of the molecule is COc1cc(CNC(C)c2ccccc2)cc(Br)c1OCc1ccc(C)cc1.Cl. The van der Waals surface area contributed by atoms with Gasteiger partial charge in [0.15, 0.2) is 11.5 Å². The minimum Gasteiger partial charge on any atom is -0.493 e. The van der Waals surface area contributed by atoms with Crippen molar-refractivity contribution in [3.8, 4) is 11.5 Å². The molecule has 5 heteroatoms. The maximum absolute atomic E-state index is 6.04. The molecule has 0 fully saturated rings. The van der Waals surface area contributed by atoms with Crippen LogP contribution in [0.15, 0.2) is 71.2 Å². The molecule has 154 valence electrons. The number of rotatable bonds is 8. The number of methoxy groups -OCH3 is 1. The summed E-state index contributed by atoms with van der Waals surface area (Å²) in [6.07, 6.45) is 0. The summed E-state index contributed by atoms with van der Waals surface area (Å²) in [7, 11) is 1.67. The van der Waals surface area contributed by atoms with E-state index < -0.39 is 0 Å². The van der Waals surface area contributed by atoms with E-state index >= 15 is 0 Å². The van der Waals surface area contributed by atoms with E-state index in [1.807, 2.05) is 12.1 Å². The van der Waals surface area contributed by atoms with Crippen molar-refractivity contribution in [2.45, 2.75) is 33.0 Å². The Bertz CT molecular complexity index is 901. The fourth-order valence-corrected chi connectivity index (χ4v) is 3.59. The molecule has 3 aromatic carbocycles. The summed E-state index contributed by atoms with van der Waals surface area (Å²) in [5, 5.41) is 3.56. The maximum atomic E-state index is 6.04. The van der Waals surface area contributed by atoms with Crippen molar-refractivity contribution in [3.63, 3.8) is 0 Å². The molecule has 1 N–H and O–H groups in total. The molecule has 1 unspecified atom stereocenters. The van der Waals surface area contributed by atoms with Crippen molar-refractivity contribution >= 4 is 28.3 Å². The van der Waals surface area contributed by atoms with Crippen LogP contribution < -0.4 is 14.8 Å². The van der Waals surface area contributed by atoms with Crippen LogP contribution in [-0.4, -0.2) is 7.11 Å². The summed E-state index contributed by atoms with van der Waals surface area (Å²) < 4.78 is 12.5. The first kappa shape index (κ1) is 23.3. The van der Waals surface area contributed by atoms with Gasteiger partial charge in [0.2, 0.25) is 0 Å². The van der Waals surface area contributed by atoms with Gasteiger partial charge in [-0.05, 0) is 58.6 Å². The van der Waals surface area contributed by atoms with E-state index in [-0.39, 0.29) is 18.4 Å². The van der Waals surface area contributed by atoms with Gasteiger partial charge in [-0.2, -0.15) is 0 Å². The Morgan fingerprint density at radius 3 is 2.31 bits per heavy atom. The van der Waals surface area contributed by atoms with Crippen molar-refractivity contribution < 1.29 is 9.47 Å². The lowest BCUT2D eigenvalue weighted by Crippen LogP contribution is -2.18. The lowest BCUT2D eigenvalue weighted by Gasteiger charge is -2.17. The average Bonchev–Trinajstić information content (AvgIpc) is 2.72. The first-order valence-electron chi connectivity index (χ1n) is 9.40. The fourth-order valence-electron chi connectivity index (χ4n) is 2.99. The van der Waals surface area contributed by atoms with Gasteiger partial charge < -0.3 is 14.8 Å². The van der Waals surface area contributed by atoms with E-state index in [2.05, 4.69) is 89.7 Å².